The lowest BCUT2D eigenvalue weighted by Gasteiger charge is -2.30. The van der Waals surface area contributed by atoms with E-state index < -0.39 is 28.0 Å². The number of ether oxygens (including phenoxy) is 2. The van der Waals surface area contributed by atoms with Gasteiger partial charge in [-0.3, -0.25) is 9.52 Å². The zero-order valence-electron chi connectivity index (χ0n) is 18.2. The Morgan fingerprint density at radius 1 is 0.912 bits per heavy atom. The third kappa shape index (κ3) is 5.75. The highest BCUT2D eigenvalue weighted by atomic mass is 32.2. The van der Waals surface area contributed by atoms with Gasteiger partial charge in [0.1, 0.15) is 0 Å². The first kappa shape index (κ1) is 24.2. The first-order chi connectivity index (χ1) is 16.1. The first-order valence-electron chi connectivity index (χ1n) is 11.0. The number of amides is 1. The molecule has 2 aliphatic rings. The summed E-state index contributed by atoms with van der Waals surface area (Å²) in [5.41, 5.74) is 0.547. The van der Waals surface area contributed by atoms with Crippen molar-refractivity contribution in [2.24, 2.45) is 5.92 Å². The van der Waals surface area contributed by atoms with Crippen LogP contribution >= 0.6 is 0 Å². The number of anilines is 1. The van der Waals surface area contributed by atoms with Crippen LogP contribution in [0.3, 0.4) is 0 Å². The van der Waals surface area contributed by atoms with Gasteiger partial charge in [-0.25, -0.2) is 8.42 Å². The fourth-order valence-corrected chi connectivity index (χ4v) is 5.12. The number of carbonyl (C=O) groups excluding carboxylic acids is 1. The molecule has 0 radical (unpaired) electrons. The van der Waals surface area contributed by atoms with Crippen molar-refractivity contribution < 1.29 is 35.9 Å². The van der Waals surface area contributed by atoms with Crippen LogP contribution in [-0.4, -0.2) is 39.8 Å². The van der Waals surface area contributed by atoms with Crippen molar-refractivity contribution in [3.63, 3.8) is 0 Å². The van der Waals surface area contributed by atoms with Crippen LogP contribution in [0.4, 0.5) is 18.9 Å². The number of nitrogens with one attached hydrogen (secondary N) is 2. The number of hydrogen-bond donors (Lipinski definition) is 2. The fraction of sp³-hybridized carbons (Fsp3) is 0.435. The number of hydrogen-bond acceptors (Lipinski definition) is 5. The molecule has 4 rings (SSSR count). The number of rotatable bonds is 5. The average molecular weight is 499 g/mol. The van der Waals surface area contributed by atoms with Crippen molar-refractivity contribution in [1.82, 2.24) is 5.32 Å². The van der Waals surface area contributed by atoms with Crippen molar-refractivity contribution in [2.45, 2.75) is 49.2 Å². The normalized spacial score (nSPS) is 20.8. The molecule has 0 atom stereocenters. The van der Waals surface area contributed by atoms with E-state index in [0.717, 1.165) is 0 Å². The number of benzene rings is 2. The topological polar surface area (TPSA) is 93.7 Å². The maximum Gasteiger partial charge on any atom is 0.391 e. The van der Waals surface area contributed by atoms with E-state index in [4.69, 9.17) is 9.47 Å². The molecule has 0 saturated heterocycles. The minimum atomic E-state index is -4.20. The Labute approximate surface area is 195 Å². The summed E-state index contributed by atoms with van der Waals surface area (Å²) in [5, 5.41) is 2.76. The second-order valence-corrected chi connectivity index (χ2v) is 10.1. The van der Waals surface area contributed by atoms with E-state index in [1.807, 2.05) is 0 Å². The average Bonchev–Trinajstić information content (AvgIpc) is 3.04. The minimum absolute atomic E-state index is 0.00494. The Morgan fingerprint density at radius 3 is 2.21 bits per heavy atom. The molecular formula is C23H25F3N2O5S. The fourth-order valence-electron chi connectivity index (χ4n) is 4.05. The van der Waals surface area contributed by atoms with E-state index in [1.54, 1.807) is 6.07 Å². The third-order valence-corrected chi connectivity index (χ3v) is 7.33. The number of fused-ring (bicyclic) bond motifs is 1. The summed E-state index contributed by atoms with van der Waals surface area (Å²) in [4.78, 5) is 12.5. The molecule has 1 aliphatic carbocycles. The summed E-state index contributed by atoms with van der Waals surface area (Å²) < 4.78 is 77.5. The Kier molecular flexibility index (Phi) is 6.92. The molecule has 0 aromatic heterocycles. The molecule has 2 aromatic carbocycles. The third-order valence-electron chi connectivity index (χ3n) is 5.95. The van der Waals surface area contributed by atoms with E-state index in [0.29, 0.717) is 31.1 Å². The molecule has 0 spiro atoms. The molecule has 0 bridgehead atoms. The van der Waals surface area contributed by atoms with Crippen LogP contribution in [-0.2, 0) is 10.0 Å². The van der Waals surface area contributed by atoms with Gasteiger partial charge in [0.25, 0.3) is 15.9 Å². The lowest BCUT2D eigenvalue weighted by molar-refractivity contribution is -0.182. The summed E-state index contributed by atoms with van der Waals surface area (Å²) in [6.45, 7) is 0.920. The molecule has 1 aliphatic heterocycles. The van der Waals surface area contributed by atoms with Gasteiger partial charge in [0, 0.05) is 29.8 Å². The Hall–Kier alpha value is -2.95. The van der Waals surface area contributed by atoms with Gasteiger partial charge in [0.15, 0.2) is 11.5 Å². The lowest BCUT2D eigenvalue weighted by Crippen LogP contribution is -2.40. The molecular weight excluding hydrogens is 473 g/mol. The van der Waals surface area contributed by atoms with Crippen molar-refractivity contribution in [1.29, 1.82) is 0 Å². The maximum atomic E-state index is 12.8. The Balaban J connectivity index is 1.36. The van der Waals surface area contributed by atoms with Crippen LogP contribution in [0, 0.1) is 5.92 Å². The van der Waals surface area contributed by atoms with Gasteiger partial charge < -0.3 is 14.8 Å². The molecule has 7 nitrogen and oxygen atoms in total. The Bertz CT molecular complexity index is 1130. The maximum absolute atomic E-state index is 12.8. The molecule has 11 heteroatoms. The van der Waals surface area contributed by atoms with Crippen molar-refractivity contribution in [3.05, 3.63) is 48.0 Å². The molecule has 0 unspecified atom stereocenters. The van der Waals surface area contributed by atoms with Crippen LogP contribution in [0.1, 0.15) is 42.5 Å². The van der Waals surface area contributed by atoms with E-state index in [9.17, 15) is 26.4 Å². The molecule has 1 heterocycles. The molecule has 2 aromatic rings. The second-order valence-electron chi connectivity index (χ2n) is 8.41. The van der Waals surface area contributed by atoms with Gasteiger partial charge in [-0.1, -0.05) is 0 Å². The number of alkyl halides is 3. The molecule has 1 fully saturated rings. The lowest BCUT2D eigenvalue weighted by atomic mass is 9.85. The van der Waals surface area contributed by atoms with Gasteiger partial charge in [0.2, 0.25) is 0 Å². The van der Waals surface area contributed by atoms with Crippen molar-refractivity contribution in [2.75, 3.05) is 17.9 Å². The largest absolute Gasteiger partial charge is 0.490 e. The molecule has 1 amide bonds. The van der Waals surface area contributed by atoms with Crippen LogP contribution in [0.2, 0.25) is 0 Å². The summed E-state index contributed by atoms with van der Waals surface area (Å²) in [6.07, 6.45) is -2.97. The number of halogens is 3. The summed E-state index contributed by atoms with van der Waals surface area (Å²) in [6, 6.07) is 9.88. The summed E-state index contributed by atoms with van der Waals surface area (Å²) in [7, 11) is -3.91. The molecule has 2 N–H and O–H groups in total. The van der Waals surface area contributed by atoms with Crippen LogP contribution in [0.25, 0.3) is 0 Å². The first-order valence-corrected chi connectivity index (χ1v) is 12.5. The van der Waals surface area contributed by atoms with E-state index in [2.05, 4.69) is 10.0 Å². The smallest absolute Gasteiger partial charge is 0.391 e. The number of sulfonamides is 1. The second kappa shape index (κ2) is 9.73. The van der Waals surface area contributed by atoms with E-state index in [1.165, 1.54) is 36.4 Å². The zero-order chi connectivity index (χ0) is 24.3. The van der Waals surface area contributed by atoms with Gasteiger partial charge in [-0.05, 0) is 62.1 Å². The van der Waals surface area contributed by atoms with Crippen LogP contribution in [0.15, 0.2) is 47.4 Å². The summed E-state index contributed by atoms with van der Waals surface area (Å²) in [5.74, 6) is -0.880. The predicted octanol–water partition coefficient (Wildman–Crippen LogP) is 4.50. The molecule has 34 heavy (non-hydrogen) atoms. The van der Waals surface area contributed by atoms with E-state index in [-0.39, 0.29) is 47.9 Å². The van der Waals surface area contributed by atoms with Crippen molar-refractivity contribution >= 4 is 21.6 Å². The quantitative estimate of drug-likeness (QED) is 0.633. The highest BCUT2D eigenvalue weighted by Gasteiger charge is 2.41. The highest BCUT2D eigenvalue weighted by molar-refractivity contribution is 7.92. The van der Waals surface area contributed by atoms with Crippen LogP contribution < -0.4 is 19.5 Å². The van der Waals surface area contributed by atoms with Gasteiger partial charge in [-0.15, -0.1) is 0 Å². The predicted molar refractivity (Wildman–Crippen MR) is 119 cm³/mol. The minimum Gasteiger partial charge on any atom is -0.490 e. The van der Waals surface area contributed by atoms with E-state index >= 15 is 0 Å². The van der Waals surface area contributed by atoms with Crippen molar-refractivity contribution in [3.8, 4) is 11.5 Å². The standard InChI is InChI=1S/C23H25F3N2O5S/c24-23(25,26)16-4-8-17(9-5-16)27-22(29)15-2-6-18(7-3-15)28-34(30,31)19-10-11-20-21(14-19)33-13-1-12-32-20/h2-3,6-7,10-11,14,16-17,28H,1,4-5,8-9,12-13H2,(H,27,29). The molecule has 184 valence electrons. The zero-order valence-corrected chi connectivity index (χ0v) is 19.0. The molecule has 1 saturated carbocycles. The van der Waals surface area contributed by atoms with Gasteiger partial charge in [0.05, 0.1) is 24.0 Å². The van der Waals surface area contributed by atoms with Gasteiger partial charge >= 0.3 is 6.18 Å². The van der Waals surface area contributed by atoms with Crippen LogP contribution in [0.5, 0.6) is 11.5 Å². The van der Waals surface area contributed by atoms with Gasteiger partial charge in [-0.2, -0.15) is 13.2 Å². The Morgan fingerprint density at radius 2 is 1.56 bits per heavy atom. The highest BCUT2D eigenvalue weighted by Crippen LogP contribution is 2.37. The monoisotopic (exact) mass is 498 g/mol. The summed E-state index contributed by atoms with van der Waals surface area (Å²) >= 11 is 0. The number of carbonyl (C=O) groups is 1. The SMILES string of the molecule is O=C(NC1CCC(C(F)(F)F)CC1)c1ccc(NS(=O)(=O)c2ccc3c(c2)OCCCO3)cc1.